The van der Waals surface area contributed by atoms with Gasteiger partial charge in [0, 0.05) is 13.1 Å². The first-order valence-corrected chi connectivity index (χ1v) is 9.57. The van der Waals surface area contributed by atoms with Crippen molar-refractivity contribution >= 4 is 5.91 Å². The third-order valence-corrected chi connectivity index (χ3v) is 6.12. The summed E-state index contributed by atoms with van der Waals surface area (Å²) in [7, 11) is 0. The van der Waals surface area contributed by atoms with Gasteiger partial charge in [0.1, 0.15) is 0 Å². The van der Waals surface area contributed by atoms with Crippen molar-refractivity contribution in [2.45, 2.75) is 39.5 Å². The molecule has 2 aliphatic heterocycles. The smallest absolute Gasteiger partial charge is 0.276 e. The van der Waals surface area contributed by atoms with Crippen molar-refractivity contribution in [1.82, 2.24) is 25.2 Å². The second-order valence-corrected chi connectivity index (χ2v) is 7.82. The van der Waals surface area contributed by atoms with E-state index in [4.69, 9.17) is 0 Å². The van der Waals surface area contributed by atoms with E-state index in [-0.39, 0.29) is 5.91 Å². The number of piperidine rings is 2. The van der Waals surface area contributed by atoms with Crippen molar-refractivity contribution in [1.29, 1.82) is 0 Å². The normalized spacial score (nSPS) is 19.7. The molecule has 0 atom stereocenters. The third kappa shape index (κ3) is 3.14. The van der Waals surface area contributed by atoms with Crippen LogP contribution in [0.4, 0.5) is 0 Å². The van der Waals surface area contributed by atoms with Gasteiger partial charge in [-0.1, -0.05) is 17.3 Å². The van der Waals surface area contributed by atoms with Gasteiger partial charge in [-0.25, -0.2) is 4.68 Å². The highest BCUT2D eigenvalue weighted by atomic mass is 16.2. The van der Waals surface area contributed by atoms with Crippen molar-refractivity contribution in [2.24, 2.45) is 5.41 Å². The molecule has 0 saturated carbocycles. The summed E-state index contributed by atoms with van der Waals surface area (Å²) in [6.45, 7) is 7.85. The quantitative estimate of drug-likeness (QED) is 0.901. The van der Waals surface area contributed by atoms with E-state index in [1.807, 2.05) is 36.9 Å². The number of nitrogens with zero attached hydrogens (tertiary/aromatic N) is 4. The summed E-state index contributed by atoms with van der Waals surface area (Å²) in [5, 5.41) is 11.9. The second-order valence-electron chi connectivity index (χ2n) is 7.82. The van der Waals surface area contributed by atoms with Gasteiger partial charge in [0.25, 0.3) is 5.91 Å². The molecule has 1 aromatic carbocycles. The summed E-state index contributed by atoms with van der Waals surface area (Å²) in [6, 6.07) is 8.09. The molecule has 0 unspecified atom stereocenters. The SMILES string of the molecule is Cc1cccc(-n2nnc(C(=O)N3CCC4(CCNCC4)CC3)c2C)c1. The van der Waals surface area contributed by atoms with Gasteiger partial charge in [0.2, 0.25) is 0 Å². The van der Waals surface area contributed by atoms with Crippen LogP contribution in [0.3, 0.4) is 0 Å². The minimum atomic E-state index is 0.0187. The number of benzene rings is 1. The highest BCUT2D eigenvalue weighted by molar-refractivity contribution is 5.93. The molecule has 138 valence electrons. The fourth-order valence-corrected chi connectivity index (χ4v) is 4.32. The van der Waals surface area contributed by atoms with Gasteiger partial charge in [-0.3, -0.25) is 4.79 Å². The molecule has 2 saturated heterocycles. The summed E-state index contributed by atoms with van der Waals surface area (Å²) in [6.07, 6.45) is 4.67. The predicted molar refractivity (Wildman–Crippen MR) is 101 cm³/mol. The lowest BCUT2D eigenvalue weighted by atomic mass is 9.71. The van der Waals surface area contributed by atoms with Crippen LogP contribution in [0, 0.1) is 19.3 Å². The van der Waals surface area contributed by atoms with Crippen LogP contribution in [0.2, 0.25) is 0 Å². The fourth-order valence-electron chi connectivity index (χ4n) is 4.32. The maximum absolute atomic E-state index is 13.0. The minimum Gasteiger partial charge on any atom is -0.337 e. The fraction of sp³-hybridized carbons (Fsp3) is 0.550. The van der Waals surface area contributed by atoms with Crippen molar-refractivity contribution < 1.29 is 4.79 Å². The zero-order valence-electron chi connectivity index (χ0n) is 15.7. The number of likely N-dealkylation sites (tertiary alicyclic amines) is 1. The zero-order chi connectivity index (χ0) is 18.1. The van der Waals surface area contributed by atoms with E-state index in [9.17, 15) is 4.79 Å². The van der Waals surface area contributed by atoms with Crippen molar-refractivity contribution in [3.8, 4) is 5.69 Å². The van der Waals surface area contributed by atoms with E-state index in [2.05, 4.69) is 21.7 Å². The van der Waals surface area contributed by atoms with Crippen LogP contribution in [0.1, 0.15) is 47.4 Å². The maximum Gasteiger partial charge on any atom is 0.276 e. The first-order chi connectivity index (χ1) is 12.6. The summed E-state index contributed by atoms with van der Waals surface area (Å²) < 4.78 is 1.76. The number of aromatic nitrogens is 3. The summed E-state index contributed by atoms with van der Waals surface area (Å²) in [5.74, 6) is 0.0187. The van der Waals surface area contributed by atoms with Crippen LogP contribution in [-0.4, -0.2) is 52.0 Å². The molecule has 0 radical (unpaired) electrons. The number of nitrogens with one attached hydrogen (secondary N) is 1. The zero-order valence-corrected chi connectivity index (χ0v) is 15.7. The van der Waals surface area contributed by atoms with Crippen molar-refractivity contribution in [3.63, 3.8) is 0 Å². The van der Waals surface area contributed by atoms with Gasteiger partial charge in [-0.05, 0) is 75.7 Å². The average Bonchev–Trinajstić information content (AvgIpc) is 3.04. The van der Waals surface area contributed by atoms with Gasteiger partial charge in [-0.2, -0.15) is 0 Å². The highest BCUT2D eigenvalue weighted by Gasteiger charge is 2.37. The van der Waals surface area contributed by atoms with Gasteiger partial charge < -0.3 is 10.2 Å². The van der Waals surface area contributed by atoms with Crippen LogP contribution in [0.5, 0.6) is 0 Å². The topological polar surface area (TPSA) is 63.1 Å². The number of hydrogen-bond acceptors (Lipinski definition) is 4. The van der Waals surface area contributed by atoms with Gasteiger partial charge >= 0.3 is 0 Å². The Morgan fingerprint density at radius 3 is 2.54 bits per heavy atom. The van der Waals surface area contributed by atoms with E-state index < -0.39 is 0 Å². The monoisotopic (exact) mass is 353 g/mol. The lowest BCUT2D eigenvalue weighted by Gasteiger charge is -2.44. The Bertz CT molecular complexity index is 796. The van der Waals surface area contributed by atoms with E-state index in [0.717, 1.165) is 56.0 Å². The first kappa shape index (κ1) is 17.2. The molecule has 0 aliphatic carbocycles. The first-order valence-electron chi connectivity index (χ1n) is 9.57. The molecule has 2 fully saturated rings. The molecule has 1 aromatic heterocycles. The molecule has 2 aliphatic rings. The molecule has 26 heavy (non-hydrogen) atoms. The Balaban J connectivity index is 1.49. The highest BCUT2D eigenvalue weighted by Crippen LogP contribution is 2.39. The molecule has 1 N–H and O–H groups in total. The molecule has 0 bridgehead atoms. The summed E-state index contributed by atoms with van der Waals surface area (Å²) >= 11 is 0. The number of rotatable bonds is 2. The summed E-state index contributed by atoms with van der Waals surface area (Å²) in [4.78, 5) is 15.0. The molecule has 6 nitrogen and oxygen atoms in total. The van der Waals surface area contributed by atoms with Crippen LogP contribution >= 0.6 is 0 Å². The summed E-state index contributed by atoms with van der Waals surface area (Å²) in [5.41, 5.74) is 3.83. The van der Waals surface area contributed by atoms with Gasteiger partial charge in [-0.15, -0.1) is 5.10 Å². The Morgan fingerprint density at radius 2 is 1.85 bits per heavy atom. The molecule has 4 rings (SSSR count). The molecule has 1 amide bonds. The van der Waals surface area contributed by atoms with Crippen LogP contribution in [0.15, 0.2) is 24.3 Å². The number of hydrogen-bond donors (Lipinski definition) is 1. The average molecular weight is 353 g/mol. The van der Waals surface area contributed by atoms with E-state index in [1.54, 1.807) is 4.68 Å². The third-order valence-electron chi connectivity index (χ3n) is 6.12. The minimum absolute atomic E-state index is 0.0187. The lowest BCUT2D eigenvalue weighted by molar-refractivity contribution is 0.0490. The second kappa shape index (κ2) is 6.83. The molecule has 6 heteroatoms. The van der Waals surface area contributed by atoms with Crippen molar-refractivity contribution in [2.75, 3.05) is 26.2 Å². The number of amides is 1. The Labute approximate surface area is 154 Å². The van der Waals surface area contributed by atoms with E-state index >= 15 is 0 Å². The van der Waals surface area contributed by atoms with Gasteiger partial charge in [0.05, 0.1) is 11.4 Å². The van der Waals surface area contributed by atoms with Crippen molar-refractivity contribution in [3.05, 3.63) is 41.2 Å². The molecular weight excluding hydrogens is 326 g/mol. The maximum atomic E-state index is 13.0. The predicted octanol–water partition coefficient (Wildman–Crippen LogP) is 2.49. The van der Waals surface area contributed by atoms with E-state index in [1.165, 1.54) is 12.8 Å². The Hall–Kier alpha value is -2.21. The van der Waals surface area contributed by atoms with Crippen LogP contribution < -0.4 is 5.32 Å². The number of carbonyl (C=O) groups excluding carboxylic acids is 1. The standard InChI is InChI=1S/C20H27N5O/c1-15-4-3-5-17(14-15)25-16(2)18(22-23-25)19(26)24-12-8-20(9-13-24)6-10-21-11-7-20/h3-5,14,21H,6-13H2,1-2H3. The lowest BCUT2D eigenvalue weighted by Crippen LogP contribution is -2.47. The Morgan fingerprint density at radius 1 is 1.12 bits per heavy atom. The number of carbonyl (C=O) groups is 1. The molecule has 2 aromatic rings. The number of aryl methyl sites for hydroxylation is 1. The van der Waals surface area contributed by atoms with Gasteiger partial charge in [0.15, 0.2) is 5.69 Å². The molecule has 1 spiro atoms. The molecular formula is C20H27N5O. The largest absolute Gasteiger partial charge is 0.337 e. The molecule has 3 heterocycles. The Kier molecular flexibility index (Phi) is 4.53. The van der Waals surface area contributed by atoms with Crippen LogP contribution in [0.25, 0.3) is 5.69 Å². The van der Waals surface area contributed by atoms with Crippen LogP contribution in [-0.2, 0) is 0 Å². The van der Waals surface area contributed by atoms with E-state index in [0.29, 0.717) is 11.1 Å².